The molecule has 1 fully saturated rings. The number of carboxylic acid groups (broad SMARTS) is 1. The van der Waals surface area contributed by atoms with Crippen LogP contribution < -0.4 is 9.64 Å². The Morgan fingerprint density at radius 3 is 2.85 bits per heavy atom. The summed E-state index contributed by atoms with van der Waals surface area (Å²) in [5, 5.41) is 20.1. The first-order valence-corrected chi connectivity index (χ1v) is 8.09. The largest absolute Gasteiger partial charge is 0.482 e. The Hall–Kier alpha value is -3.17. The summed E-state index contributed by atoms with van der Waals surface area (Å²) in [4.78, 5) is 48.9. The number of ether oxygens (including phenoxy) is 1. The lowest BCUT2D eigenvalue weighted by Crippen LogP contribution is -2.49. The van der Waals surface area contributed by atoms with Gasteiger partial charge in [-0.3, -0.25) is 29.4 Å². The highest BCUT2D eigenvalue weighted by atomic mass is 16.6. The number of amides is 2. The van der Waals surface area contributed by atoms with Crippen LogP contribution in [0.3, 0.4) is 0 Å². The number of piperidine rings is 1. The molecule has 0 aliphatic carbocycles. The number of likely N-dealkylation sites (tertiary alicyclic amines) is 1. The standard InChI is InChI=1S/C16H17N3O7/c20-14(17-5-1-2-10(7-17)16(22)23)8-18-12-6-11(19(24)25)3-4-13(12)26-9-15(18)21/h3-4,6,10H,1-2,5,7-9H2,(H,22,23)/t10-/m0/s1. The number of carbonyl (C=O) groups excluding carboxylic acids is 2. The summed E-state index contributed by atoms with van der Waals surface area (Å²) >= 11 is 0. The highest BCUT2D eigenvalue weighted by Crippen LogP contribution is 2.35. The number of nitrogens with zero attached hydrogens (tertiary/aromatic N) is 3. The molecule has 1 N–H and O–H groups in total. The summed E-state index contributed by atoms with van der Waals surface area (Å²) in [5.74, 6) is -2.18. The van der Waals surface area contributed by atoms with Gasteiger partial charge in [-0.1, -0.05) is 0 Å². The Kier molecular flexibility index (Phi) is 4.74. The van der Waals surface area contributed by atoms with Gasteiger partial charge in [0.25, 0.3) is 11.6 Å². The van der Waals surface area contributed by atoms with Gasteiger partial charge in [-0.15, -0.1) is 0 Å². The molecule has 1 atom stereocenters. The van der Waals surface area contributed by atoms with E-state index in [1.807, 2.05) is 0 Å². The summed E-state index contributed by atoms with van der Waals surface area (Å²) in [6.07, 6.45) is 1.08. The smallest absolute Gasteiger partial charge is 0.308 e. The molecule has 1 saturated heterocycles. The molecule has 2 amide bonds. The average Bonchev–Trinajstić information content (AvgIpc) is 2.63. The Labute approximate surface area is 148 Å². The van der Waals surface area contributed by atoms with Gasteiger partial charge in [-0.2, -0.15) is 0 Å². The zero-order valence-electron chi connectivity index (χ0n) is 13.8. The number of non-ortho nitro benzene ring substituents is 1. The fraction of sp³-hybridized carbons (Fsp3) is 0.438. The average molecular weight is 363 g/mol. The number of carboxylic acids is 1. The first kappa shape index (κ1) is 17.6. The maximum Gasteiger partial charge on any atom is 0.308 e. The molecule has 0 unspecified atom stereocenters. The van der Waals surface area contributed by atoms with Crippen LogP contribution in [0.25, 0.3) is 0 Å². The number of benzene rings is 1. The van der Waals surface area contributed by atoms with Crippen LogP contribution in [0.4, 0.5) is 11.4 Å². The topological polar surface area (TPSA) is 130 Å². The monoisotopic (exact) mass is 363 g/mol. The van der Waals surface area contributed by atoms with Crippen LogP contribution in [0, 0.1) is 16.0 Å². The van der Waals surface area contributed by atoms with Gasteiger partial charge in [0, 0.05) is 25.2 Å². The van der Waals surface area contributed by atoms with Crippen LogP contribution in [0.1, 0.15) is 12.8 Å². The number of nitro groups is 1. The van der Waals surface area contributed by atoms with Gasteiger partial charge in [0.15, 0.2) is 6.61 Å². The number of nitro benzene ring substituents is 1. The summed E-state index contributed by atoms with van der Waals surface area (Å²) in [6.45, 7) is -0.0734. The van der Waals surface area contributed by atoms with Crippen LogP contribution >= 0.6 is 0 Å². The normalized spacial score (nSPS) is 19.5. The van der Waals surface area contributed by atoms with Gasteiger partial charge >= 0.3 is 5.97 Å². The second kappa shape index (κ2) is 6.98. The zero-order valence-corrected chi connectivity index (χ0v) is 13.8. The molecule has 0 bridgehead atoms. The lowest BCUT2D eigenvalue weighted by molar-refractivity contribution is -0.384. The Morgan fingerprint density at radius 1 is 1.38 bits per heavy atom. The number of hydrogen-bond donors (Lipinski definition) is 1. The van der Waals surface area contributed by atoms with Gasteiger partial charge < -0.3 is 14.7 Å². The fourth-order valence-corrected chi connectivity index (χ4v) is 3.12. The third kappa shape index (κ3) is 3.44. The number of rotatable bonds is 4. The second-order valence-electron chi connectivity index (χ2n) is 6.19. The molecule has 26 heavy (non-hydrogen) atoms. The highest BCUT2D eigenvalue weighted by Gasteiger charge is 2.33. The van der Waals surface area contributed by atoms with Crippen LogP contribution in [0.5, 0.6) is 5.75 Å². The molecule has 0 aromatic heterocycles. The summed E-state index contributed by atoms with van der Waals surface area (Å²) in [5.41, 5.74) is -0.0565. The van der Waals surface area contributed by atoms with Crippen molar-refractivity contribution in [3.8, 4) is 5.75 Å². The number of carbonyl (C=O) groups is 3. The SMILES string of the molecule is O=C(O)[C@H]1CCCN(C(=O)CN2C(=O)COc3ccc([N+](=O)[O-])cc32)C1. The first-order valence-electron chi connectivity index (χ1n) is 8.09. The quantitative estimate of drug-likeness (QED) is 0.613. The van der Waals surface area contributed by atoms with E-state index in [4.69, 9.17) is 9.84 Å². The molecule has 2 heterocycles. The van der Waals surface area contributed by atoms with Crippen molar-refractivity contribution in [3.63, 3.8) is 0 Å². The second-order valence-corrected chi connectivity index (χ2v) is 6.19. The van der Waals surface area contributed by atoms with Crippen LogP contribution in [0.2, 0.25) is 0 Å². The molecule has 10 heteroatoms. The van der Waals surface area contributed by atoms with E-state index in [2.05, 4.69) is 0 Å². The minimum atomic E-state index is -0.953. The Balaban J connectivity index is 1.80. The molecule has 138 valence electrons. The number of anilines is 1. The maximum atomic E-state index is 12.6. The molecule has 3 rings (SSSR count). The van der Waals surface area contributed by atoms with Crippen LogP contribution in [-0.2, 0) is 14.4 Å². The van der Waals surface area contributed by atoms with Crippen molar-refractivity contribution in [1.82, 2.24) is 4.90 Å². The lowest BCUT2D eigenvalue weighted by atomic mass is 9.98. The van der Waals surface area contributed by atoms with Crippen molar-refractivity contribution >= 4 is 29.2 Å². The van der Waals surface area contributed by atoms with Gasteiger partial charge in [0.05, 0.1) is 16.5 Å². The number of fused-ring (bicyclic) bond motifs is 1. The third-order valence-corrected chi connectivity index (χ3v) is 4.51. The lowest BCUT2D eigenvalue weighted by Gasteiger charge is -2.34. The van der Waals surface area contributed by atoms with Crippen molar-refractivity contribution in [2.75, 3.05) is 31.1 Å². The zero-order chi connectivity index (χ0) is 18.8. The molecule has 0 radical (unpaired) electrons. The molecule has 2 aliphatic heterocycles. The van der Waals surface area contributed by atoms with E-state index < -0.39 is 28.6 Å². The Bertz CT molecular complexity index is 779. The molecule has 10 nitrogen and oxygen atoms in total. The molecule has 2 aliphatic rings. The Morgan fingerprint density at radius 2 is 2.15 bits per heavy atom. The minimum absolute atomic E-state index is 0.0918. The molecule has 1 aromatic carbocycles. The minimum Gasteiger partial charge on any atom is -0.482 e. The van der Waals surface area contributed by atoms with Gasteiger partial charge in [0.2, 0.25) is 5.91 Å². The molecule has 0 spiro atoms. The van der Waals surface area contributed by atoms with E-state index in [0.29, 0.717) is 19.4 Å². The van der Waals surface area contributed by atoms with Gasteiger partial charge in [-0.25, -0.2) is 0 Å². The van der Waals surface area contributed by atoms with E-state index in [0.717, 1.165) is 4.90 Å². The summed E-state index contributed by atoms with van der Waals surface area (Å²) in [7, 11) is 0. The number of aliphatic carboxylic acids is 1. The van der Waals surface area contributed by atoms with Crippen LogP contribution in [-0.4, -0.2) is 59.0 Å². The fourth-order valence-electron chi connectivity index (χ4n) is 3.12. The predicted octanol–water partition coefficient (Wildman–Crippen LogP) is 0.643. The summed E-state index contributed by atoms with van der Waals surface area (Å²) < 4.78 is 5.26. The van der Waals surface area contributed by atoms with E-state index in [-0.39, 0.29) is 36.8 Å². The van der Waals surface area contributed by atoms with E-state index in [1.54, 1.807) is 0 Å². The first-order chi connectivity index (χ1) is 12.4. The molecule has 1 aromatic rings. The number of hydrogen-bond acceptors (Lipinski definition) is 6. The molecule has 0 saturated carbocycles. The van der Waals surface area contributed by atoms with Crippen molar-refractivity contribution in [2.45, 2.75) is 12.8 Å². The van der Waals surface area contributed by atoms with E-state index >= 15 is 0 Å². The molecular weight excluding hydrogens is 346 g/mol. The molecular formula is C16H17N3O7. The van der Waals surface area contributed by atoms with Crippen molar-refractivity contribution in [1.29, 1.82) is 0 Å². The highest BCUT2D eigenvalue weighted by molar-refractivity contribution is 6.02. The predicted molar refractivity (Wildman–Crippen MR) is 87.9 cm³/mol. The van der Waals surface area contributed by atoms with Crippen molar-refractivity contribution in [2.24, 2.45) is 5.92 Å². The summed E-state index contributed by atoms with van der Waals surface area (Å²) in [6, 6.07) is 3.84. The maximum absolute atomic E-state index is 12.6. The van der Waals surface area contributed by atoms with Crippen LogP contribution in [0.15, 0.2) is 18.2 Å². The van der Waals surface area contributed by atoms with Crippen molar-refractivity contribution in [3.05, 3.63) is 28.3 Å². The van der Waals surface area contributed by atoms with Gasteiger partial charge in [0.1, 0.15) is 12.3 Å². The van der Waals surface area contributed by atoms with Gasteiger partial charge in [-0.05, 0) is 18.9 Å². The van der Waals surface area contributed by atoms with Crippen molar-refractivity contribution < 1.29 is 29.2 Å². The van der Waals surface area contributed by atoms with E-state index in [1.165, 1.54) is 23.1 Å². The van der Waals surface area contributed by atoms with E-state index in [9.17, 15) is 24.5 Å². The third-order valence-electron chi connectivity index (χ3n) is 4.51.